The largest absolute Gasteiger partial charge is 0.489 e. The molecule has 7 heteroatoms. The van der Waals surface area contributed by atoms with Crippen LogP contribution < -0.4 is 10.4 Å². The lowest BCUT2D eigenvalue weighted by atomic mass is 10.2. The molecule has 0 aliphatic rings. The summed E-state index contributed by atoms with van der Waals surface area (Å²) in [5, 5.41) is 20.2. The average molecular weight is 442 g/mol. The number of rotatable bonds is 7. The number of hydrogen-bond acceptors (Lipinski definition) is 3. The molecule has 3 aromatic carbocycles. The van der Waals surface area contributed by atoms with E-state index in [1.165, 1.54) is 0 Å². The van der Waals surface area contributed by atoms with E-state index in [1.54, 1.807) is 22.8 Å². The summed E-state index contributed by atoms with van der Waals surface area (Å²) in [6.45, 7) is 0.860. The Morgan fingerprint density at radius 1 is 0.900 bits per heavy atom. The number of ether oxygens (including phenoxy) is 1. The topological polar surface area (TPSA) is 63.2 Å². The van der Waals surface area contributed by atoms with Gasteiger partial charge in [0, 0.05) is 5.02 Å². The number of aliphatic hydroxyl groups is 1. The Morgan fingerprint density at radius 3 is 2.27 bits per heavy atom. The van der Waals surface area contributed by atoms with E-state index in [-0.39, 0.29) is 13.2 Å². The zero-order chi connectivity index (χ0) is 21.1. The van der Waals surface area contributed by atoms with Gasteiger partial charge in [-0.2, -0.15) is 0 Å². The first-order chi connectivity index (χ1) is 14.5. The van der Waals surface area contributed by atoms with Crippen LogP contribution in [0.1, 0.15) is 5.56 Å². The van der Waals surface area contributed by atoms with Crippen molar-refractivity contribution in [2.45, 2.75) is 19.2 Å². The number of aliphatic hydroxyl groups excluding tert-OH is 1. The summed E-state index contributed by atoms with van der Waals surface area (Å²) in [6.07, 6.45) is -0.818. The number of imidazole rings is 1. The average Bonchev–Trinajstić information content (AvgIpc) is 3.00. The first-order valence-electron chi connectivity index (χ1n) is 9.55. The highest BCUT2D eigenvalue weighted by molar-refractivity contribution is 6.35. The van der Waals surface area contributed by atoms with Gasteiger partial charge < -0.3 is 19.0 Å². The molecule has 0 fully saturated rings. The maximum absolute atomic E-state index is 10.6. The summed E-state index contributed by atoms with van der Waals surface area (Å²) >= 11 is 12.0. The fourth-order valence-corrected chi connectivity index (χ4v) is 3.91. The summed E-state index contributed by atoms with van der Waals surface area (Å²) in [7, 11) is 0. The quantitative estimate of drug-likeness (QED) is 0.435. The molecule has 154 valence electrons. The Bertz CT molecular complexity index is 1220. The lowest BCUT2D eigenvalue weighted by Gasteiger charge is -2.14. The molecule has 0 radical (unpaired) electrons. The highest BCUT2D eigenvalue weighted by atomic mass is 35.5. The Balaban J connectivity index is 1.56. The van der Waals surface area contributed by atoms with Gasteiger partial charge in [-0.1, -0.05) is 65.7 Å². The number of nitrogens with zero attached hydrogens (tertiary/aromatic N) is 2. The standard InChI is InChI=1S/C23H21Cl2N3O2/c24-17-10-11-22(19(25)12-17)30-15-18(29)14-28-21-9-5-4-8-20(21)27(23(28)26)13-16-6-2-1-3-7-16/h1-12,18,26,29H,13-15H2/t18-/m0/s1. The van der Waals surface area contributed by atoms with E-state index in [0.29, 0.717) is 28.0 Å². The molecular formula is C23H21Cl2N3O2. The van der Waals surface area contributed by atoms with Crippen molar-refractivity contribution in [3.8, 4) is 5.75 Å². The maximum atomic E-state index is 10.6. The van der Waals surface area contributed by atoms with Crippen LogP contribution in [0.5, 0.6) is 5.75 Å². The van der Waals surface area contributed by atoms with Gasteiger partial charge >= 0.3 is 0 Å². The number of hydrogen-bond donors (Lipinski definition) is 2. The smallest absolute Gasteiger partial charge is 0.203 e. The molecule has 0 unspecified atom stereocenters. The summed E-state index contributed by atoms with van der Waals surface area (Å²) in [5.74, 6) is 0.461. The van der Waals surface area contributed by atoms with Gasteiger partial charge in [0.25, 0.3) is 0 Å². The first kappa shape index (κ1) is 20.5. The molecule has 0 bridgehead atoms. The maximum Gasteiger partial charge on any atom is 0.203 e. The number of benzene rings is 3. The van der Waals surface area contributed by atoms with Gasteiger partial charge in [0.1, 0.15) is 18.5 Å². The zero-order valence-electron chi connectivity index (χ0n) is 16.1. The summed E-state index contributed by atoms with van der Waals surface area (Å²) in [6, 6.07) is 22.8. The lowest BCUT2D eigenvalue weighted by Crippen LogP contribution is -2.31. The SMILES string of the molecule is N=c1n(Cc2ccccc2)c2ccccc2n1C[C@H](O)COc1ccc(Cl)cc1Cl. The third-order valence-corrected chi connectivity index (χ3v) is 5.41. The number of fused-ring (bicyclic) bond motifs is 1. The number of nitrogens with one attached hydrogen (secondary N) is 1. The van der Waals surface area contributed by atoms with Gasteiger partial charge in [-0.15, -0.1) is 0 Å². The van der Waals surface area contributed by atoms with Crippen LogP contribution in [0.4, 0.5) is 0 Å². The van der Waals surface area contributed by atoms with Crippen LogP contribution >= 0.6 is 23.2 Å². The van der Waals surface area contributed by atoms with Crippen molar-refractivity contribution >= 4 is 34.2 Å². The normalized spacial score (nSPS) is 12.2. The second kappa shape index (κ2) is 8.96. The summed E-state index contributed by atoms with van der Waals surface area (Å²) < 4.78 is 9.40. The van der Waals surface area contributed by atoms with Crippen molar-refractivity contribution in [3.05, 3.63) is 94.0 Å². The van der Waals surface area contributed by atoms with Crippen molar-refractivity contribution in [2.24, 2.45) is 0 Å². The Kier molecular flexibility index (Phi) is 6.13. The molecular weight excluding hydrogens is 421 g/mol. The van der Waals surface area contributed by atoms with Gasteiger partial charge in [-0.05, 0) is 35.9 Å². The van der Waals surface area contributed by atoms with E-state index >= 15 is 0 Å². The Labute approximate surface area is 184 Å². The monoisotopic (exact) mass is 441 g/mol. The van der Waals surface area contributed by atoms with Crippen molar-refractivity contribution in [3.63, 3.8) is 0 Å². The highest BCUT2D eigenvalue weighted by Gasteiger charge is 2.15. The van der Waals surface area contributed by atoms with Crippen LogP contribution in [0.2, 0.25) is 10.0 Å². The lowest BCUT2D eigenvalue weighted by molar-refractivity contribution is 0.0921. The van der Waals surface area contributed by atoms with E-state index in [0.717, 1.165) is 16.6 Å². The molecule has 4 rings (SSSR count). The number of para-hydroxylation sites is 2. The predicted molar refractivity (Wildman–Crippen MR) is 119 cm³/mol. The van der Waals surface area contributed by atoms with Crippen LogP contribution in [0.25, 0.3) is 11.0 Å². The molecule has 0 spiro atoms. The van der Waals surface area contributed by atoms with Gasteiger partial charge in [0.2, 0.25) is 5.62 Å². The molecule has 0 saturated carbocycles. The molecule has 0 aliphatic heterocycles. The third kappa shape index (κ3) is 4.38. The molecule has 0 saturated heterocycles. The van der Waals surface area contributed by atoms with Crippen LogP contribution in [0.15, 0.2) is 72.8 Å². The van der Waals surface area contributed by atoms with Crippen molar-refractivity contribution in [2.75, 3.05) is 6.61 Å². The van der Waals surface area contributed by atoms with Crippen LogP contribution in [0.3, 0.4) is 0 Å². The van der Waals surface area contributed by atoms with E-state index in [9.17, 15) is 5.11 Å². The fourth-order valence-electron chi connectivity index (χ4n) is 3.45. The number of aromatic nitrogens is 2. The van der Waals surface area contributed by atoms with Gasteiger partial charge in [-0.25, -0.2) is 0 Å². The first-order valence-corrected chi connectivity index (χ1v) is 10.3. The van der Waals surface area contributed by atoms with E-state index < -0.39 is 6.10 Å². The fraction of sp³-hybridized carbons (Fsp3) is 0.174. The molecule has 1 heterocycles. The molecule has 4 aromatic rings. The molecule has 30 heavy (non-hydrogen) atoms. The molecule has 2 N–H and O–H groups in total. The highest BCUT2D eigenvalue weighted by Crippen LogP contribution is 2.27. The zero-order valence-corrected chi connectivity index (χ0v) is 17.6. The minimum absolute atomic E-state index is 0.0476. The minimum atomic E-state index is -0.818. The molecule has 0 aliphatic carbocycles. The second-order valence-electron chi connectivity index (χ2n) is 7.03. The van der Waals surface area contributed by atoms with Crippen molar-refractivity contribution in [1.82, 2.24) is 9.13 Å². The van der Waals surface area contributed by atoms with Gasteiger partial charge in [-0.3, -0.25) is 5.41 Å². The Morgan fingerprint density at radius 2 is 1.57 bits per heavy atom. The number of halogens is 2. The second-order valence-corrected chi connectivity index (χ2v) is 7.88. The van der Waals surface area contributed by atoms with Gasteiger partial charge in [0.05, 0.1) is 29.1 Å². The van der Waals surface area contributed by atoms with Crippen LogP contribution in [-0.4, -0.2) is 27.0 Å². The van der Waals surface area contributed by atoms with Crippen LogP contribution in [0, 0.1) is 5.41 Å². The van der Waals surface area contributed by atoms with Crippen molar-refractivity contribution in [1.29, 1.82) is 5.41 Å². The molecule has 5 nitrogen and oxygen atoms in total. The predicted octanol–water partition coefficient (Wildman–Crippen LogP) is 4.72. The van der Waals surface area contributed by atoms with E-state index in [4.69, 9.17) is 33.3 Å². The summed E-state index contributed by atoms with van der Waals surface area (Å²) in [5.41, 5.74) is 3.27. The van der Waals surface area contributed by atoms with E-state index in [1.807, 2.05) is 59.2 Å². The summed E-state index contributed by atoms with van der Waals surface area (Å²) in [4.78, 5) is 0. The Hall–Kier alpha value is -2.73. The van der Waals surface area contributed by atoms with Crippen molar-refractivity contribution < 1.29 is 9.84 Å². The third-order valence-electron chi connectivity index (χ3n) is 4.88. The van der Waals surface area contributed by atoms with E-state index in [2.05, 4.69) is 0 Å². The molecule has 1 atom stereocenters. The van der Waals surface area contributed by atoms with Gasteiger partial charge in [0.15, 0.2) is 0 Å². The van der Waals surface area contributed by atoms with Crippen LogP contribution in [-0.2, 0) is 13.1 Å². The molecule has 1 aromatic heterocycles. The minimum Gasteiger partial charge on any atom is -0.489 e. The molecule has 0 amide bonds.